The highest BCUT2D eigenvalue weighted by Gasteiger charge is 2.17. The predicted octanol–water partition coefficient (Wildman–Crippen LogP) is 0.861. The van der Waals surface area contributed by atoms with Crippen molar-refractivity contribution >= 4 is 16.1 Å². The highest BCUT2D eigenvalue weighted by Crippen LogP contribution is 2.21. The fraction of sp³-hybridized carbons (Fsp3) is 0.714. The summed E-state index contributed by atoms with van der Waals surface area (Å²) in [5, 5.41) is 0.198. The van der Waals surface area contributed by atoms with Crippen LogP contribution in [0.5, 0.6) is 0 Å². The number of carbonyl (C=O) groups excluding carboxylic acids is 1. The molecule has 65 valence electrons. The third-order valence-corrected chi connectivity index (χ3v) is 2.54. The van der Waals surface area contributed by atoms with Gasteiger partial charge < -0.3 is 9.64 Å². The first-order valence-electron chi connectivity index (χ1n) is 3.62. The van der Waals surface area contributed by atoms with Crippen LogP contribution in [-0.2, 0) is 4.74 Å². The second-order valence-electron chi connectivity index (χ2n) is 2.58. The summed E-state index contributed by atoms with van der Waals surface area (Å²) in [7, 11) is -0.703. The molecule has 0 aliphatic carbocycles. The Kier molecular flexibility index (Phi) is 3.20. The normalized spacial score (nSPS) is 19.8. The molecule has 11 heavy (non-hydrogen) atoms. The van der Waals surface area contributed by atoms with Crippen molar-refractivity contribution in [2.75, 3.05) is 32.6 Å². The number of ether oxygens (including phenoxy) is 1. The molecule has 1 fully saturated rings. The largest absolute Gasteiger partial charge is 0.378 e. The van der Waals surface area contributed by atoms with E-state index in [4.69, 9.17) is 4.74 Å². The summed E-state index contributed by atoms with van der Waals surface area (Å²) >= 11 is 0. The van der Waals surface area contributed by atoms with Crippen LogP contribution < -0.4 is 0 Å². The smallest absolute Gasteiger partial charge is 0.261 e. The predicted molar refractivity (Wildman–Crippen MR) is 48.1 cm³/mol. The Hall–Kier alpha value is -0.220. The Bertz CT molecular complexity index is 143. The maximum absolute atomic E-state index is 11.3. The van der Waals surface area contributed by atoms with Crippen LogP contribution in [0.3, 0.4) is 0 Å². The molecule has 4 heteroatoms. The molecular weight excluding hydrogens is 162 g/mol. The Morgan fingerprint density at radius 1 is 1.55 bits per heavy atom. The molecule has 1 amide bonds. The van der Waals surface area contributed by atoms with E-state index in [1.165, 1.54) is 0 Å². The second kappa shape index (κ2) is 3.97. The van der Waals surface area contributed by atoms with Crippen LogP contribution in [-0.4, -0.2) is 42.7 Å². The summed E-state index contributed by atoms with van der Waals surface area (Å²) in [4.78, 5) is 13.2. The van der Waals surface area contributed by atoms with Gasteiger partial charge in [-0.3, -0.25) is 4.79 Å². The van der Waals surface area contributed by atoms with Gasteiger partial charge in [0.2, 0.25) is 0 Å². The second-order valence-corrected chi connectivity index (χ2v) is 4.36. The van der Waals surface area contributed by atoms with Gasteiger partial charge in [0.05, 0.1) is 13.2 Å². The van der Waals surface area contributed by atoms with Crippen molar-refractivity contribution in [1.29, 1.82) is 0 Å². The van der Waals surface area contributed by atoms with Gasteiger partial charge in [0.25, 0.3) is 5.24 Å². The molecule has 0 saturated carbocycles. The summed E-state index contributed by atoms with van der Waals surface area (Å²) in [6.07, 6.45) is 5.63. The first-order chi connectivity index (χ1) is 5.22. The fourth-order valence-electron chi connectivity index (χ4n) is 0.996. The van der Waals surface area contributed by atoms with Crippen LogP contribution in [0.4, 0.5) is 4.79 Å². The average Bonchev–Trinajstić information content (AvgIpc) is 2.05. The summed E-state index contributed by atoms with van der Waals surface area (Å²) < 4.78 is 5.12. The zero-order valence-corrected chi connectivity index (χ0v) is 7.64. The highest BCUT2D eigenvalue weighted by molar-refractivity contribution is 8.30. The summed E-state index contributed by atoms with van der Waals surface area (Å²) in [5.74, 6) is 0. The number of carbonyl (C=O) groups is 1. The average molecular weight is 176 g/mol. The molecule has 0 aromatic rings. The molecule has 1 atom stereocenters. The molecule has 1 rings (SSSR count). The minimum absolute atomic E-state index is 0.198. The zero-order chi connectivity index (χ0) is 8.27. The van der Waals surface area contributed by atoms with Crippen LogP contribution in [0.1, 0.15) is 0 Å². The third kappa shape index (κ3) is 2.38. The van der Waals surface area contributed by atoms with Crippen molar-refractivity contribution in [3.8, 4) is 0 Å². The van der Waals surface area contributed by atoms with Gasteiger partial charge in [-0.05, 0) is 12.5 Å². The fourth-order valence-corrected chi connectivity index (χ4v) is 1.68. The van der Waals surface area contributed by atoms with E-state index in [0.717, 1.165) is 13.1 Å². The van der Waals surface area contributed by atoms with Crippen molar-refractivity contribution in [2.45, 2.75) is 0 Å². The van der Waals surface area contributed by atoms with E-state index in [9.17, 15) is 4.79 Å². The Morgan fingerprint density at radius 2 is 2.09 bits per heavy atom. The van der Waals surface area contributed by atoms with E-state index in [2.05, 4.69) is 6.26 Å². The quantitative estimate of drug-likeness (QED) is 0.555. The number of hydrogen-bond donors (Lipinski definition) is 1. The van der Waals surface area contributed by atoms with Gasteiger partial charge in [0.15, 0.2) is 0 Å². The number of amides is 1. The van der Waals surface area contributed by atoms with E-state index in [1.807, 2.05) is 11.2 Å². The summed E-state index contributed by atoms with van der Waals surface area (Å²) in [6.45, 7) is 2.83. The first kappa shape index (κ1) is 8.87. The van der Waals surface area contributed by atoms with Crippen molar-refractivity contribution in [2.24, 2.45) is 0 Å². The molecule has 1 radical (unpaired) electrons. The van der Waals surface area contributed by atoms with Crippen molar-refractivity contribution < 1.29 is 9.53 Å². The molecule has 0 N–H and O–H groups in total. The maximum Gasteiger partial charge on any atom is 0.261 e. The van der Waals surface area contributed by atoms with Crippen molar-refractivity contribution in [1.82, 2.24) is 4.90 Å². The van der Waals surface area contributed by atoms with Gasteiger partial charge in [0, 0.05) is 13.1 Å². The number of hydrogen-bond acceptors (Lipinski definition) is 2. The third-order valence-electron chi connectivity index (χ3n) is 1.61. The Balaban J connectivity index is 2.39. The Labute approximate surface area is 70.0 Å². The minimum atomic E-state index is -0.703. The van der Waals surface area contributed by atoms with E-state index in [1.54, 1.807) is 0 Å². The number of morpholine rings is 1. The lowest BCUT2D eigenvalue weighted by molar-refractivity contribution is 0.0592. The highest BCUT2D eigenvalue weighted by atomic mass is 32.2. The van der Waals surface area contributed by atoms with Gasteiger partial charge in [-0.25, -0.2) is 0 Å². The van der Waals surface area contributed by atoms with Crippen molar-refractivity contribution in [3.63, 3.8) is 0 Å². The lowest BCUT2D eigenvalue weighted by Crippen LogP contribution is -2.39. The van der Waals surface area contributed by atoms with Crippen LogP contribution >= 0.6 is 10.9 Å². The van der Waals surface area contributed by atoms with Crippen LogP contribution in [0.15, 0.2) is 0 Å². The molecule has 0 aromatic carbocycles. The summed E-state index contributed by atoms with van der Waals surface area (Å²) in [6, 6.07) is 0. The lowest BCUT2D eigenvalue weighted by atomic mass is 10.5. The molecule has 1 aliphatic rings. The monoisotopic (exact) mass is 176 g/mol. The van der Waals surface area contributed by atoms with E-state index >= 15 is 0 Å². The molecule has 1 aliphatic heterocycles. The molecular formula is C7H14NO2S. The van der Waals surface area contributed by atoms with Crippen LogP contribution in [0.2, 0.25) is 0 Å². The molecule has 1 saturated heterocycles. The van der Waals surface area contributed by atoms with Gasteiger partial charge in [-0.15, -0.1) is 0 Å². The van der Waals surface area contributed by atoms with Crippen molar-refractivity contribution in [3.05, 3.63) is 6.26 Å². The van der Waals surface area contributed by atoms with Crippen LogP contribution in [0.25, 0.3) is 0 Å². The maximum atomic E-state index is 11.3. The number of nitrogens with zero attached hydrogens (tertiary/aromatic N) is 1. The molecule has 0 bridgehead atoms. The van der Waals surface area contributed by atoms with Gasteiger partial charge in [-0.1, -0.05) is 0 Å². The van der Waals surface area contributed by atoms with Gasteiger partial charge in [0.1, 0.15) is 0 Å². The molecule has 0 spiro atoms. The topological polar surface area (TPSA) is 29.5 Å². The lowest BCUT2D eigenvalue weighted by Gasteiger charge is -2.28. The first-order valence-corrected chi connectivity index (χ1v) is 5.60. The molecule has 1 unspecified atom stereocenters. The van der Waals surface area contributed by atoms with Gasteiger partial charge >= 0.3 is 0 Å². The minimum Gasteiger partial charge on any atom is -0.378 e. The summed E-state index contributed by atoms with van der Waals surface area (Å²) in [5.41, 5.74) is 0. The zero-order valence-electron chi connectivity index (χ0n) is 6.75. The van der Waals surface area contributed by atoms with Gasteiger partial charge in [-0.2, -0.15) is 10.9 Å². The standard InChI is InChI=1S/C7H14NO2S/c1-11(2)7(9)8-3-5-10-6-4-8/h11H,1,3-6H2,2H3. The number of thiol groups is 1. The molecule has 1 heterocycles. The molecule has 0 aromatic heterocycles. The Morgan fingerprint density at radius 3 is 2.55 bits per heavy atom. The van der Waals surface area contributed by atoms with Crippen LogP contribution in [0, 0.1) is 6.26 Å². The van der Waals surface area contributed by atoms with E-state index in [0.29, 0.717) is 13.2 Å². The SMILES string of the molecule is [CH2][SH](C)C(=O)N1CCOCC1. The number of rotatable bonds is 0. The molecule has 3 nitrogen and oxygen atoms in total. The van der Waals surface area contributed by atoms with E-state index < -0.39 is 10.9 Å². The van der Waals surface area contributed by atoms with E-state index in [-0.39, 0.29) is 5.24 Å².